The van der Waals surface area contributed by atoms with Crippen LogP contribution in [0.15, 0.2) is 0 Å². The van der Waals surface area contributed by atoms with Crippen LogP contribution in [0.25, 0.3) is 0 Å². The van der Waals surface area contributed by atoms with E-state index in [2.05, 4.69) is 19.2 Å². The van der Waals surface area contributed by atoms with Crippen LogP contribution in [-0.4, -0.2) is 65.7 Å². The van der Waals surface area contributed by atoms with E-state index in [1.807, 2.05) is 13.8 Å². The molecule has 0 aliphatic carbocycles. The molecule has 1 fully saturated rings. The lowest BCUT2D eigenvalue weighted by Crippen LogP contribution is -2.60. The molecule has 1 rings (SSSR count). The fourth-order valence-corrected chi connectivity index (χ4v) is 2.02. The van der Waals surface area contributed by atoms with Gasteiger partial charge in [0.25, 0.3) is 0 Å². The first-order valence-corrected chi connectivity index (χ1v) is 7.34. The van der Waals surface area contributed by atoms with Gasteiger partial charge in [0.2, 0.25) is 0 Å². The molecular weight excluding hydrogens is 262 g/mol. The number of nitrogens with one attached hydrogen (secondary N) is 1. The summed E-state index contributed by atoms with van der Waals surface area (Å²) in [5.74, 6) is 0.784. The molecule has 6 nitrogen and oxygen atoms in total. The second kappa shape index (κ2) is 8.26. The summed E-state index contributed by atoms with van der Waals surface area (Å²) in [6.07, 6.45) is -5.11. The van der Waals surface area contributed by atoms with Crippen molar-refractivity contribution >= 4 is 0 Å². The van der Waals surface area contributed by atoms with E-state index in [4.69, 9.17) is 9.47 Å². The normalized spacial score (nSPS) is 35.0. The van der Waals surface area contributed by atoms with Gasteiger partial charge in [0.1, 0.15) is 24.4 Å². The minimum atomic E-state index is -1.26. The van der Waals surface area contributed by atoms with E-state index in [9.17, 15) is 15.3 Å². The van der Waals surface area contributed by atoms with Crippen LogP contribution in [0.1, 0.15) is 27.7 Å². The zero-order valence-electron chi connectivity index (χ0n) is 12.8. The Morgan fingerprint density at radius 2 is 1.65 bits per heavy atom. The van der Waals surface area contributed by atoms with Crippen LogP contribution in [0, 0.1) is 11.8 Å². The summed E-state index contributed by atoms with van der Waals surface area (Å²) >= 11 is 0. The number of rotatable bonds is 7. The largest absolute Gasteiger partial charge is 0.388 e. The van der Waals surface area contributed by atoms with Crippen LogP contribution in [0.5, 0.6) is 0 Å². The van der Waals surface area contributed by atoms with Gasteiger partial charge in [-0.25, -0.2) is 0 Å². The van der Waals surface area contributed by atoms with Crippen LogP contribution in [0.4, 0.5) is 0 Å². The third-order valence-corrected chi connectivity index (χ3v) is 3.16. The summed E-state index contributed by atoms with van der Waals surface area (Å²) < 4.78 is 11.0. The van der Waals surface area contributed by atoms with Gasteiger partial charge in [-0.05, 0) is 18.4 Å². The number of aliphatic hydroxyl groups excluding tert-OH is 3. The standard InChI is InChI=1S/C14H29NO5/c1-8(2)5-15-6-10-11(16)12(17)13(18)14(20-10)19-7-9(3)4/h8-18H,5-7H2,1-4H3/t10-,11+,12+,13-,14+/m0/s1. The molecule has 1 heterocycles. The molecule has 4 N–H and O–H groups in total. The summed E-state index contributed by atoms with van der Waals surface area (Å²) in [4.78, 5) is 0. The molecule has 0 saturated carbocycles. The molecule has 0 unspecified atom stereocenters. The Morgan fingerprint density at radius 1 is 1.00 bits per heavy atom. The van der Waals surface area contributed by atoms with Gasteiger partial charge in [-0.1, -0.05) is 27.7 Å². The van der Waals surface area contributed by atoms with Crippen LogP contribution < -0.4 is 5.32 Å². The maximum absolute atomic E-state index is 9.94. The van der Waals surface area contributed by atoms with Gasteiger partial charge in [-0.2, -0.15) is 0 Å². The lowest BCUT2D eigenvalue weighted by atomic mass is 9.98. The van der Waals surface area contributed by atoms with Crippen molar-refractivity contribution in [2.45, 2.75) is 58.4 Å². The molecule has 0 spiro atoms. The number of ether oxygens (including phenoxy) is 2. The Kier molecular flexibility index (Phi) is 7.36. The minimum Gasteiger partial charge on any atom is -0.388 e. The minimum absolute atomic E-state index is 0.298. The van der Waals surface area contributed by atoms with E-state index in [0.29, 0.717) is 25.0 Å². The first kappa shape index (κ1) is 17.8. The second-order valence-corrected chi connectivity index (χ2v) is 6.29. The summed E-state index contributed by atoms with van der Waals surface area (Å²) in [5, 5.41) is 32.9. The maximum atomic E-state index is 9.94. The van der Waals surface area contributed by atoms with Crippen molar-refractivity contribution < 1.29 is 24.8 Å². The molecule has 6 heteroatoms. The molecule has 1 saturated heterocycles. The third kappa shape index (κ3) is 5.27. The van der Waals surface area contributed by atoms with Crippen LogP contribution >= 0.6 is 0 Å². The quantitative estimate of drug-likeness (QED) is 0.515. The SMILES string of the molecule is CC(C)CNC[C@@H]1O[C@@H](OCC(C)C)[C@@H](O)[C@H](O)[C@@H]1O. The smallest absolute Gasteiger partial charge is 0.186 e. The molecular formula is C14H29NO5. The zero-order chi connectivity index (χ0) is 15.3. The van der Waals surface area contributed by atoms with Crippen molar-refractivity contribution in [2.24, 2.45) is 11.8 Å². The highest BCUT2D eigenvalue weighted by atomic mass is 16.7. The Hall–Kier alpha value is -0.240. The highest BCUT2D eigenvalue weighted by Gasteiger charge is 2.44. The van der Waals surface area contributed by atoms with E-state index in [1.54, 1.807) is 0 Å². The Morgan fingerprint density at radius 3 is 2.20 bits per heavy atom. The van der Waals surface area contributed by atoms with E-state index >= 15 is 0 Å². The van der Waals surface area contributed by atoms with Gasteiger partial charge in [-0.3, -0.25) is 0 Å². The number of hydrogen-bond donors (Lipinski definition) is 4. The molecule has 120 valence electrons. The highest BCUT2D eigenvalue weighted by molar-refractivity contribution is 4.90. The van der Waals surface area contributed by atoms with Crippen molar-refractivity contribution in [3.63, 3.8) is 0 Å². The van der Waals surface area contributed by atoms with Crippen molar-refractivity contribution in [1.29, 1.82) is 0 Å². The fraction of sp³-hybridized carbons (Fsp3) is 1.00. The summed E-state index contributed by atoms with van der Waals surface area (Å²) in [6.45, 7) is 9.77. The van der Waals surface area contributed by atoms with Gasteiger partial charge in [0, 0.05) is 6.54 Å². The van der Waals surface area contributed by atoms with Gasteiger partial charge < -0.3 is 30.1 Å². The van der Waals surface area contributed by atoms with Gasteiger partial charge in [0.15, 0.2) is 6.29 Å². The molecule has 0 amide bonds. The summed E-state index contributed by atoms with van der Waals surface area (Å²) in [7, 11) is 0. The lowest BCUT2D eigenvalue weighted by Gasteiger charge is -2.40. The summed E-state index contributed by atoms with van der Waals surface area (Å²) in [5.41, 5.74) is 0. The van der Waals surface area contributed by atoms with E-state index < -0.39 is 30.7 Å². The Bertz CT molecular complexity index is 272. The molecule has 1 aliphatic heterocycles. The molecule has 0 radical (unpaired) electrons. The van der Waals surface area contributed by atoms with Gasteiger partial charge in [0.05, 0.1) is 6.61 Å². The van der Waals surface area contributed by atoms with Gasteiger partial charge >= 0.3 is 0 Å². The maximum Gasteiger partial charge on any atom is 0.186 e. The first-order chi connectivity index (χ1) is 9.32. The van der Waals surface area contributed by atoms with E-state index in [-0.39, 0.29) is 0 Å². The predicted molar refractivity (Wildman–Crippen MR) is 75.2 cm³/mol. The molecule has 1 aliphatic rings. The molecule has 0 aromatic carbocycles. The Balaban J connectivity index is 2.52. The molecule has 0 aromatic heterocycles. The van der Waals surface area contributed by atoms with E-state index in [1.165, 1.54) is 0 Å². The monoisotopic (exact) mass is 291 g/mol. The molecule has 5 atom stereocenters. The van der Waals surface area contributed by atoms with E-state index in [0.717, 1.165) is 6.54 Å². The lowest BCUT2D eigenvalue weighted by molar-refractivity contribution is -0.297. The van der Waals surface area contributed by atoms with Crippen LogP contribution in [0.2, 0.25) is 0 Å². The Labute approximate surface area is 121 Å². The highest BCUT2D eigenvalue weighted by Crippen LogP contribution is 2.22. The molecule has 0 aromatic rings. The fourth-order valence-electron chi connectivity index (χ4n) is 2.02. The predicted octanol–water partition coefficient (Wildman–Crippen LogP) is -0.288. The third-order valence-electron chi connectivity index (χ3n) is 3.16. The van der Waals surface area contributed by atoms with Gasteiger partial charge in [-0.15, -0.1) is 0 Å². The summed E-state index contributed by atoms with van der Waals surface area (Å²) in [6, 6.07) is 0. The zero-order valence-corrected chi connectivity index (χ0v) is 12.8. The van der Waals surface area contributed by atoms with Crippen molar-refractivity contribution in [3.8, 4) is 0 Å². The molecule has 0 bridgehead atoms. The van der Waals surface area contributed by atoms with Crippen molar-refractivity contribution in [1.82, 2.24) is 5.32 Å². The average Bonchev–Trinajstić information content (AvgIpc) is 2.37. The molecule has 20 heavy (non-hydrogen) atoms. The van der Waals surface area contributed by atoms with Crippen molar-refractivity contribution in [2.75, 3.05) is 19.7 Å². The average molecular weight is 291 g/mol. The first-order valence-electron chi connectivity index (χ1n) is 7.34. The van der Waals surface area contributed by atoms with Crippen LogP contribution in [-0.2, 0) is 9.47 Å². The van der Waals surface area contributed by atoms with Crippen molar-refractivity contribution in [3.05, 3.63) is 0 Å². The van der Waals surface area contributed by atoms with Crippen LogP contribution in [0.3, 0.4) is 0 Å². The number of hydrogen-bond acceptors (Lipinski definition) is 6. The number of aliphatic hydroxyl groups is 3. The topological polar surface area (TPSA) is 91.2 Å². The second-order valence-electron chi connectivity index (χ2n) is 6.29.